The molecular formula is C12H26N2O4S. The van der Waals surface area contributed by atoms with Gasteiger partial charge in [-0.25, -0.2) is 0 Å². The van der Waals surface area contributed by atoms with Crippen molar-refractivity contribution in [2.24, 2.45) is 5.92 Å². The molecule has 0 rings (SSSR count). The predicted molar refractivity (Wildman–Crippen MR) is 75.1 cm³/mol. The second-order valence-electron chi connectivity index (χ2n) is 5.31. The average molecular weight is 294 g/mol. The van der Waals surface area contributed by atoms with Gasteiger partial charge in [0.25, 0.3) is 10.2 Å². The molecule has 0 saturated heterocycles. The molecular weight excluding hydrogens is 268 g/mol. The van der Waals surface area contributed by atoms with Crippen molar-refractivity contribution in [2.75, 3.05) is 13.6 Å². The number of carboxylic acid groups (broad SMARTS) is 1. The lowest BCUT2D eigenvalue weighted by atomic mass is 10.0. The average Bonchev–Trinajstić information content (AvgIpc) is 2.24. The van der Waals surface area contributed by atoms with Crippen molar-refractivity contribution >= 4 is 16.2 Å². The Bertz CT molecular complexity index is 368. The summed E-state index contributed by atoms with van der Waals surface area (Å²) in [4.78, 5) is 10.4. The SMILES string of the molecule is CC(C)CCCC(C)NS(=O)(=O)N(C)CCC(=O)O. The van der Waals surface area contributed by atoms with E-state index in [-0.39, 0.29) is 19.0 Å². The highest BCUT2D eigenvalue weighted by Gasteiger charge is 2.20. The van der Waals surface area contributed by atoms with Gasteiger partial charge in [-0.1, -0.05) is 26.7 Å². The molecule has 0 bridgehead atoms. The molecule has 0 aromatic carbocycles. The standard InChI is InChI=1S/C12H26N2O4S/c1-10(2)6-5-7-11(3)13-19(17,18)14(4)9-8-12(15)16/h10-11,13H,5-9H2,1-4H3,(H,15,16). The van der Waals surface area contributed by atoms with Gasteiger partial charge in [0.15, 0.2) is 0 Å². The number of nitrogens with one attached hydrogen (secondary N) is 1. The zero-order chi connectivity index (χ0) is 15.1. The second kappa shape index (κ2) is 8.50. The number of carbonyl (C=O) groups is 1. The minimum Gasteiger partial charge on any atom is -0.481 e. The van der Waals surface area contributed by atoms with Gasteiger partial charge >= 0.3 is 5.97 Å². The van der Waals surface area contributed by atoms with Crippen molar-refractivity contribution in [3.63, 3.8) is 0 Å². The lowest BCUT2D eigenvalue weighted by molar-refractivity contribution is -0.137. The van der Waals surface area contributed by atoms with Crippen LogP contribution in [0, 0.1) is 5.92 Å². The Morgan fingerprint density at radius 2 is 1.84 bits per heavy atom. The number of nitrogens with zero attached hydrogens (tertiary/aromatic N) is 1. The molecule has 1 unspecified atom stereocenters. The van der Waals surface area contributed by atoms with Crippen LogP contribution < -0.4 is 4.72 Å². The third kappa shape index (κ3) is 8.96. The van der Waals surface area contributed by atoms with E-state index in [9.17, 15) is 13.2 Å². The minimum atomic E-state index is -3.59. The maximum atomic E-state index is 11.9. The zero-order valence-electron chi connectivity index (χ0n) is 12.2. The van der Waals surface area contributed by atoms with Gasteiger partial charge in [-0.15, -0.1) is 0 Å². The minimum absolute atomic E-state index is 0.0244. The molecule has 19 heavy (non-hydrogen) atoms. The van der Waals surface area contributed by atoms with Gasteiger partial charge in [0.1, 0.15) is 0 Å². The van der Waals surface area contributed by atoms with Crippen molar-refractivity contribution in [1.82, 2.24) is 9.03 Å². The fraction of sp³-hybridized carbons (Fsp3) is 0.917. The van der Waals surface area contributed by atoms with E-state index in [4.69, 9.17) is 5.11 Å². The zero-order valence-corrected chi connectivity index (χ0v) is 13.0. The molecule has 1 atom stereocenters. The van der Waals surface area contributed by atoms with E-state index in [1.165, 1.54) is 7.05 Å². The molecule has 7 heteroatoms. The molecule has 0 aliphatic carbocycles. The van der Waals surface area contributed by atoms with E-state index in [2.05, 4.69) is 18.6 Å². The normalized spacial score (nSPS) is 14.0. The molecule has 0 radical (unpaired) electrons. The summed E-state index contributed by atoms with van der Waals surface area (Å²) >= 11 is 0. The van der Waals surface area contributed by atoms with Gasteiger partial charge in [0.2, 0.25) is 0 Å². The van der Waals surface area contributed by atoms with E-state index < -0.39 is 16.2 Å². The monoisotopic (exact) mass is 294 g/mol. The molecule has 0 heterocycles. The van der Waals surface area contributed by atoms with Crippen LogP contribution in [0.3, 0.4) is 0 Å². The largest absolute Gasteiger partial charge is 0.481 e. The highest BCUT2D eigenvalue weighted by molar-refractivity contribution is 7.87. The Hall–Kier alpha value is -0.660. The molecule has 0 amide bonds. The van der Waals surface area contributed by atoms with E-state index in [0.29, 0.717) is 5.92 Å². The highest BCUT2D eigenvalue weighted by atomic mass is 32.2. The van der Waals surface area contributed by atoms with Crippen molar-refractivity contribution in [3.8, 4) is 0 Å². The number of carboxylic acids is 1. The Labute approximate surface area is 116 Å². The third-order valence-electron chi connectivity index (χ3n) is 2.82. The highest BCUT2D eigenvalue weighted by Crippen LogP contribution is 2.09. The van der Waals surface area contributed by atoms with Gasteiger partial charge in [-0.2, -0.15) is 17.4 Å². The summed E-state index contributed by atoms with van der Waals surface area (Å²) in [7, 11) is -2.20. The van der Waals surface area contributed by atoms with Crippen LogP contribution in [0.4, 0.5) is 0 Å². The van der Waals surface area contributed by atoms with Crippen LogP contribution in [0.25, 0.3) is 0 Å². The Morgan fingerprint density at radius 3 is 2.32 bits per heavy atom. The summed E-state index contributed by atoms with van der Waals surface area (Å²) in [6, 6.07) is -0.143. The number of aliphatic carboxylic acids is 1. The number of hydrogen-bond acceptors (Lipinski definition) is 3. The smallest absolute Gasteiger partial charge is 0.304 e. The first-order chi connectivity index (χ1) is 8.65. The molecule has 0 fully saturated rings. The third-order valence-corrected chi connectivity index (χ3v) is 4.52. The first kappa shape index (κ1) is 18.3. The fourth-order valence-electron chi connectivity index (χ4n) is 1.61. The summed E-state index contributed by atoms with van der Waals surface area (Å²) in [5, 5.41) is 8.54. The van der Waals surface area contributed by atoms with Gasteiger partial charge < -0.3 is 5.11 Å². The van der Waals surface area contributed by atoms with E-state index in [1.54, 1.807) is 0 Å². The molecule has 114 valence electrons. The van der Waals surface area contributed by atoms with Gasteiger partial charge in [-0.3, -0.25) is 4.79 Å². The quantitative estimate of drug-likeness (QED) is 0.638. The van der Waals surface area contributed by atoms with Crippen LogP contribution in [0.2, 0.25) is 0 Å². The maximum absolute atomic E-state index is 11.9. The first-order valence-electron chi connectivity index (χ1n) is 6.60. The van der Waals surface area contributed by atoms with Crippen molar-refractivity contribution in [1.29, 1.82) is 0 Å². The second-order valence-corrected chi connectivity index (χ2v) is 7.12. The summed E-state index contributed by atoms with van der Waals surface area (Å²) in [6.07, 6.45) is 2.63. The van der Waals surface area contributed by atoms with Gasteiger partial charge in [0.05, 0.1) is 6.42 Å². The van der Waals surface area contributed by atoms with Gasteiger partial charge in [-0.05, 0) is 19.3 Å². The Morgan fingerprint density at radius 1 is 1.26 bits per heavy atom. The molecule has 0 aromatic heterocycles. The van der Waals surface area contributed by atoms with Crippen LogP contribution >= 0.6 is 0 Å². The summed E-state index contributed by atoms with van der Waals surface area (Å²) < 4.78 is 27.3. The van der Waals surface area contributed by atoms with E-state index >= 15 is 0 Å². The molecule has 0 saturated carbocycles. The summed E-state index contributed by atoms with van der Waals surface area (Å²) in [5.41, 5.74) is 0. The number of hydrogen-bond donors (Lipinski definition) is 2. The van der Waals surface area contributed by atoms with Crippen LogP contribution in [0.15, 0.2) is 0 Å². The van der Waals surface area contributed by atoms with E-state index in [1.807, 2.05) is 6.92 Å². The topological polar surface area (TPSA) is 86.7 Å². The van der Waals surface area contributed by atoms with Crippen molar-refractivity contribution < 1.29 is 18.3 Å². The Kier molecular flexibility index (Phi) is 8.20. The summed E-state index contributed by atoms with van der Waals surface area (Å²) in [6.45, 7) is 6.06. The molecule has 2 N–H and O–H groups in total. The Balaban J connectivity index is 4.16. The molecule has 0 aromatic rings. The number of rotatable bonds is 10. The van der Waals surface area contributed by atoms with Crippen LogP contribution in [-0.4, -0.2) is 43.4 Å². The van der Waals surface area contributed by atoms with Crippen molar-refractivity contribution in [3.05, 3.63) is 0 Å². The molecule has 0 aliphatic rings. The fourth-order valence-corrected chi connectivity index (χ4v) is 2.75. The van der Waals surface area contributed by atoms with Crippen LogP contribution in [-0.2, 0) is 15.0 Å². The molecule has 0 aliphatic heterocycles. The van der Waals surface area contributed by atoms with Gasteiger partial charge in [0, 0.05) is 19.6 Å². The summed E-state index contributed by atoms with van der Waals surface area (Å²) in [5.74, 6) is -0.394. The first-order valence-corrected chi connectivity index (χ1v) is 8.04. The lowest BCUT2D eigenvalue weighted by Crippen LogP contribution is -2.43. The predicted octanol–water partition coefficient (Wildman–Crippen LogP) is 1.44. The maximum Gasteiger partial charge on any atom is 0.304 e. The van der Waals surface area contributed by atoms with E-state index in [0.717, 1.165) is 23.6 Å². The molecule has 6 nitrogen and oxygen atoms in total. The lowest BCUT2D eigenvalue weighted by Gasteiger charge is -2.20. The van der Waals surface area contributed by atoms with Crippen molar-refractivity contribution in [2.45, 2.75) is 52.5 Å². The molecule has 0 spiro atoms. The van der Waals surface area contributed by atoms with Crippen LogP contribution in [0.1, 0.15) is 46.5 Å². The van der Waals surface area contributed by atoms with Crippen LogP contribution in [0.5, 0.6) is 0 Å².